The molecule has 1 amide bonds. The monoisotopic (exact) mass is 353 g/mol. The molecular weight excluding hydrogens is 326 g/mol. The zero-order chi connectivity index (χ0) is 17.9. The van der Waals surface area contributed by atoms with Gasteiger partial charge in [0.05, 0.1) is 6.04 Å². The number of carbonyl (C=O) groups is 1. The number of nitrogens with one attached hydrogen (secondary N) is 1. The van der Waals surface area contributed by atoms with Crippen molar-refractivity contribution in [3.05, 3.63) is 35.4 Å². The summed E-state index contributed by atoms with van der Waals surface area (Å²) in [7, 11) is -0.334. The Morgan fingerprint density at radius 3 is 2.25 bits per heavy atom. The van der Waals surface area contributed by atoms with E-state index >= 15 is 0 Å². The zero-order valence-corrected chi connectivity index (χ0v) is 15.6. The van der Waals surface area contributed by atoms with E-state index in [0.717, 1.165) is 5.56 Å². The van der Waals surface area contributed by atoms with Crippen molar-refractivity contribution in [2.75, 3.05) is 27.2 Å². The summed E-state index contributed by atoms with van der Waals surface area (Å²) in [6, 6.07) is 8.05. The SMILES string of the molecule is Cc1ccc([C@H](C)NC(=O)C2CCN(S(=O)(=O)N(C)C)CC2)cc1. The van der Waals surface area contributed by atoms with Gasteiger partial charge in [0.25, 0.3) is 10.2 Å². The van der Waals surface area contributed by atoms with Crippen LogP contribution in [0.1, 0.15) is 36.9 Å². The third-order valence-electron chi connectivity index (χ3n) is 4.55. The molecule has 2 rings (SSSR count). The summed E-state index contributed by atoms with van der Waals surface area (Å²) in [5.41, 5.74) is 2.26. The number of rotatable bonds is 5. The van der Waals surface area contributed by atoms with Crippen molar-refractivity contribution in [3.8, 4) is 0 Å². The van der Waals surface area contributed by atoms with Crippen LogP contribution in [0.3, 0.4) is 0 Å². The number of carbonyl (C=O) groups excluding carboxylic acids is 1. The van der Waals surface area contributed by atoms with Gasteiger partial charge in [0.15, 0.2) is 0 Å². The number of benzene rings is 1. The van der Waals surface area contributed by atoms with Crippen LogP contribution in [-0.2, 0) is 15.0 Å². The Bertz CT molecular complexity index is 663. The highest BCUT2D eigenvalue weighted by atomic mass is 32.2. The summed E-state index contributed by atoms with van der Waals surface area (Å²) in [6.45, 7) is 4.77. The van der Waals surface area contributed by atoms with Crippen LogP contribution in [0, 0.1) is 12.8 Å². The Labute approximate surface area is 145 Å². The second-order valence-corrected chi connectivity index (χ2v) is 8.75. The van der Waals surface area contributed by atoms with E-state index in [-0.39, 0.29) is 17.9 Å². The first kappa shape index (κ1) is 18.9. The van der Waals surface area contributed by atoms with Crippen molar-refractivity contribution < 1.29 is 13.2 Å². The molecule has 1 saturated heterocycles. The summed E-state index contributed by atoms with van der Waals surface area (Å²) >= 11 is 0. The number of piperidine rings is 1. The standard InChI is InChI=1S/C17H27N3O3S/c1-13-5-7-15(8-6-13)14(2)18-17(21)16-9-11-20(12-10-16)24(22,23)19(3)4/h5-8,14,16H,9-12H2,1-4H3,(H,18,21)/t14-/m0/s1. The van der Waals surface area contributed by atoms with Crippen LogP contribution in [-0.4, -0.2) is 50.1 Å². The van der Waals surface area contributed by atoms with E-state index in [1.54, 1.807) is 0 Å². The number of nitrogens with zero attached hydrogens (tertiary/aromatic N) is 2. The Kier molecular flexibility index (Phi) is 6.01. The van der Waals surface area contributed by atoms with Crippen LogP contribution in [0.25, 0.3) is 0 Å². The maximum absolute atomic E-state index is 12.4. The van der Waals surface area contributed by atoms with Crippen molar-refractivity contribution in [1.82, 2.24) is 13.9 Å². The molecular formula is C17H27N3O3S. The van der Waals surface area contributed by atoms with Gasteiger partial charge in [0.1, 0.15) is 0 Å². The molecule has 1 heterocycles. The van der Waals surface area contributed by atoms with Crippen LogP contribution in [0.15, 0.2) is 24.3 Å². The van der Waals surface area contributed by atoms with Gasteiger partial charge in [-0.05, 0) is 32.3 Å². The molecule has 0 radical (unpaired) electrons. The highest BCUT2D eigenvalue weighted by Gasteiger charge is 2.32. The molecule has 1 aliphatic rings. The molecule has 1 fully saturated rings. The summed E-state index contributed by atoms with van der Waals surface area (Å²) in [5.74, 6) is -0.128. The van der Waals surface area contributed by atoms with Crippen molar-refractivity contribution in [2.45, 2.75) is 32.7 Å². The van der Waals surface area contributed by atoms with Gasteiger partial charge in [0, 0.05) is 33.1 Å². The highest BCUT2D eigenvalue weighted by molar-refractivity contribution is 7.86. The van der Waals surface area contributed by atoms with Crippen LogP contribution < -0.4 is 5.32 Å². The van der Waals surface area contributed by atoms with Gasteiger partial charge in [-0.1, -0.05) is 29.8 Å². The predicted molar refractivity (Wildman–Crippen MR) is 94.6 cm³/mol. The summed E-state index contributed by atoms with van der Waals surface area (Å²) < 4.78 is 26.9. The zero-order valence-electron chi connectivity index (χ0n) is 14.8. The minimum atomic E-state index is -3.38. The number of hydrogen-bond acceptors (Lipinski definition) is 3. The molecule has 1 aromatic rings. The second kappa shape index (κ2) is 7.63. The fourth-order valence-electron chi connectivity index (χ4n) is 2.85. The highest BCUT2D eigenvalue weighted by Crippen LogP contribution is 2.22. The van der Waals surface area contributed by atoms with E-state index < -0.39 is 10.2 Å². The molecule has 1 N–H and O–H groups in total. The number of amides is 1. The minimum Gasteiger partial charge on any atom is -0.349 e. The van der Waals surface area contributed by atoms with Crippen LogP contribution in [0.5, 0.6) is 0 Å². The van der Waals surface area contributed by atoms with E-state index in [1.165, 1.54) is 28.3 Å². The molecule has 0 aliphatic carbocycles. The Hall–Kier alpha value is -1.44. The maximum Gasteiger partial charge on any atom is 0.281 e. The van der Waals surface area contributed by atoms with E-state index in [4.69, 9.17) is 0 Å². The van der Waals surface area contributed by atoms with Gasteiger partial charge in [-0.3, -0.25) is 4.79 Å². The summed E-state index contributed by atoms with van der Waals surface area (Å²) in [5, 5.41) is 3.04. The lowest BCUT2D eigenvalue weighted by Gasteiger charge is -2.32. The molecule has 0 bridgehead atoms. The lowest BCUT2D eigenvalue weighted by molar-refractivity contribution is -0.126. The number of hydrogen-bond donors (Lipinski definition) is 1. The van der Waals surface area contributed by atoms with Gasteiger partial charge in [-0.15, -0.1) is 0 Å². The Balaban J connectivity index is 1.90. The minimum absolute atomic E-state index is 0.00461. The fourth-order valence-corrected chi connectivity index (χ4v) is 3.98. The smallest absolute Gasteiger partial charge is 0.281 e. The van der Waals surface area contributed by atoms with Crippen molar-refractivity contribution in [3.63, 3.8) is 0 Å². The largest absolute Gasteiger partial charge is 0.349 e. The maximum atomic E-state index is 12.4. The molecule has 1 atom stereocenters. The van der Waals surface area contributed by atoms with Gasteiger partial charge >= 0.3 is 0 Å². The Morgan fingerprint density at radius 2 is 1.75 bits per heavy atom. The molecule has 0 unspecified atom stereocenters. The summed E-state index contributed by atoms with van der Waals surface area (Å²) in [6.07, 6.45) is 1.11. The third kappa shape index (κ3) is 4.34. The molecule has 1 aromatic carbocycles. The topological polar surface area (TPSA) is 69.7 Å². The van der Waals surface area contributed by atoms with Crippen molar-refractivity contribution in [2.24, 2.45) is 5.92 Å². The average Bonchev–Trinajstić information content (AvgIpc) is 2.55. The molecule has 134 valence electrons. The van der Waals surface area contributed by atoms with E-state index in [1.807, 2.05) is 38.1 Å². The molecule has 0 spiro atoms. The van der Waals surface area contributed by atoms with E-state index in [9.17, 15) is 13.2 Å². The van der Waals surface area contributed by atoms with E-state index in [2.05, 4.69) is 5.32 Å². The van der Waals surface area contributed by atoms with Gasteiger partial charge in [0.2, 0.25) is 5.91 Å². The first-order valence-electron chi connectivity index (χ1n) is 8.26. The molecule has 0 aromatic heterocycles. The average molecular weight is 353 g/mol. The molecule has 6 nitrogen and oxygen atoms in total. The van der Waals surface area contributed by atoms with Crippen LogP contribution in [0.2, 0.25) is 0 Å². The van der Waals surface area contributed by atoms with Crippen LogP contribution in [0.4, 0.5) is 0 Å². The molecule has 0 saturated carbocycles. The second-order valence-electron chi connectivity index (χ2n) is 6.60. The predicted octanol–water partition coefficient (Wildman–Crippen LogP) is 1.69. The van der Waals surface area contributed by atoms with Gasteiger partial charge in [-0.2, -0.15) is 17.0 Å². The quantitative estimate of drug-likeness (QED) is 0.876. The Morgan fingerprint density at radius 1 is 1.21 bits per heavy atom. The fraction of sp³-hybridized carbons (Fsp3) is 0.588. The van der Waals surface area contributed by atoms with Crippen LogP contribution >= 0.6 is 0 Å². The van der Waals surface area contributed by atoms with Crippen molar-refractivity contribution in [1.29, 1.82) is 0 Å². The third-order valence-corrected chi connectivity index (χ3v) is 6.49. The molecule has 24 heavy (non-hydrogen) atoms. The molecule has 1 aliphatic heterocycles. The van der Waals surface area contributed by atoms with E-state index in [0.29, 0.717) is 25.9 Å². The summed E-state index contributed by atoms with van der Waals surface area (Å²) in [4.78, 5) is 12.4. The normalized spacial score (nSPS) is 18.5. The lowest BCUT2D eigenvalue weighted by atomic mass is 9.96. The van der Waals surface area contributed by atoms with Gasteiger partial charge in [-0.25, -0.2) is 0 Å². The first-order valence-corrected chi connectivity index (χ1v) is 9.66. The first-order chi connectivity index (χ1) is 11.2. The van der Waals surface area contributed by atoms with Gasteiger partial charge < -0.3 is 5.32 Å². The van der Waals surface area contributed by atoms with Crippen molar-refractivity contribution >= 4 is 16.1 Å². The molecule has 7 heteroatoms. The lowest BCUT2D eigenvalue weighted by Crippen LogP contribution is -2.47. The number of aryl methyl sites for hydroxylation is 1.